The van der Waals surface area contributed by atoms with Gasteiger partial charge in [-0.25, -0.2) is 0 Å². The maximum atomic E-state index is 12.1. The van der Waals surface area contributed by atoms with Gasteiger partial charge in [0.25, 0.3) is 0 Å². The van der Waals surface area contributed by atoms with E-state index in [4.69, 9.17) is 0 Å². The van der Waals surface area contributed by atoms with E-state index in [0.29, 0.717) is 30.6 Å². The third kappa shape index (κ3) is 3.56. The second kappa shape index (κ2) is 5.87. The lowest BCUT2D eigenvalue weighted by atomic mass is 9.92. The first-order chi connectivity index (χ1) is 9.06. The number of carbonyl (C=O) groups is 2. The lowest BCUT2D eigenvalue weighted by Gasteiger charge is -2.34. The number of amides is 2. The fourth-order valence-electron chi connectivity index (χ4n) is 2.68. The highest BCUT2D eigenvalue weighted by atomic mass is 16.2. The predicted octanol–water partition coefficient (Wildman–Crippen LogP) is 2.13. The molecule has 4 nitrogen and oxygen atoms in total. The summed E-state index contributed by atoms with van der Waals surface area (Å²) in [6.07, 6.45) is 1.12. The van der Waals surface area contributed by atoms with Gasteiger partial charge < -0.3 is 10.2 Å². The van der Waals surface area contributed by atoms with Gasteiger partial charge in [0, 0.05) is 18.8 Å². The van der Waals surface area contributed by atoms with Crippen molar-refractivity contribution in [1.29, 1.82) is 0 Å². The summed E-state index contributed by atoms with van der Waals surface area (Å²) in [6, 6.07) is 9.06. The molecule has 1 fully saturated rings. The third-order valence-corrected chi connectivity index (χ3v) is 3.38. The van der Waals surface area contributed by atoms with E-state index in [1.165, 1.54) is 0 Å². The number of para-hydroxylation sites is 1. The quantitative estimate of drug-likeness (QED) is 0.786. The Morgan fingerprint density at radius 3 is 2.26 bits per heavy atom. The molecule has 102 valence electrons. The summed E-state index contributed by atoms with van der Waals surface area (Å²) in [5, 5.41) is 2.64. The normalized spacial score (nSPS) is 22.9. The van der Waals surface area contributed by atoms with Crippen LogP contribution in [0.15, 0.2) is 30.3 Å². The van der Waals surface area contributed by atoms with Crippen LogP contribution in [0.4, 0.5) is 5.69 Å². The molecular weight excluding hydrogens is 240 g/mol. The number of carbonyl (C=O) groups excluding carboxylic acids is 2. The van der Waals surface area contributed by atoms with E-state index in [2.05, 4.69) is 19.2 Å². The van der Waals surface area contributed by atoms with Crippen molar-refractivity contribution in [3.05, 3.63) is 30.3 Å². The minimum atomic E-state index is -0.549. The van der Waals surface area contributed by atoms with E-state index in [0.717, 1.165) is 6.42 Å². The highest BCUT2D eigenvalue weighted by Crippen LogP contribution is 2.21. The zero-order valence-corrected chi connectivity index (χ0v) is 11.4. The highest BCUT2D eigenvalue weighted by molar-refractivity contribution is 6.39. The van der Waals surface area contributed by atoms with Gasteiger partial charge in [-0.3, -0.25) is 9.59 Å². The molecule has 0 aromatic heterocycles. The average Bonchev–Trinajstić information content (AvgIpc) is 2.37. The molecule has 1 aliphatic heterocycles. The molecule has 0 saturated carbocycles. The lowest BCUT2D eigenvalue weighted by Crippen LogP contribution is -2.47. The van der Waals surface area contributed by atoms with Crippen LogP contribution in [0.25, 0.3) is 0 Å². The van der Waals surface area contributed by atoms with Crippen molar-refractivity contribution in [3.8, 4) is 0 Å². The van der Waals surface area contributed by atoms with Gasteiger partial charge >= 0.3 is 11.8 Å². The Bertz CT molecular complexity index is 448. The topological polar surface area (TPSA) is 49.4 Å². The molecule has 1 aliphatic rings. The van der Waals surface area contributed by atoms with E-state index in [1.807, 2.05) is 18.2 Å². The van der Waals surface area contributed by atoms with Crippen LogP contribution in [0, 0.1) is 11.8 Å². The lowest BCUT2D eigenvalue weighted by molar-refractivity contribution is -0.144. The summed E-state index contributed by atoms with van der Waals surface area (Å²) in [7, 11) is 0. The van der Waals surface area contributed by atoms with Gasteiger partial charge in [0.2, 0.25) is 0 Å². The zero-order valence-electron chi connectivity index (χ0n) is 11.4. The molecule has 19 heavy (non-hydrogen) atoms. The van der Waals surface area contributed by atoms with Gasteiger partial charge in [-0.05, 0) is 30.4 Å². The van der Waals surface area contributed by atoms with Gasteiger partial charge in [-0.2, -0.15) is 0 Å². The number of piperidine rings is 1. The van der Waals surface area contributed by atoms with Gasteiger partial charge in [0.15, 0.2) is 0 Å². The summed E-state index contributed by atoms with van der Waals surface area (Å²) in [4.78, 5) is 25.7. The van der Waals surface area contributed by atoms with E-state index >= 15 is 0 Å². The van der Waals surface area contributed by atoms with E-state index < -0.39 is 11.8 Å². The Labute approximate surface area is 113 Å². The van der Waals surface area contributed by atoms with Crippen molar-refractivity contribution < 1.29 is 9.59 Å². The first-order valence-corrected chi connectivity index (χ1v) is 6.71. The molecule has 0 spiro atoms. The van der Waals surface area contributed by atoms with Crippen molar-refractivity contribution in [2.45, 2.75) is 20.3 Å². The van der Waals surface area contributed by atoms with Crippen LogP contribution in [0.3, 0.4) is 0 Å². The van der Waals surface area contributed by atoms with Gasteiger partial charge in [0.1, 0.15) is 0 Å². The zero-order chi connectivity index (χ0) is 13.8. The Balaban J connectivity index is 1.97. The van der Waals surface area contributed by atoms with Crippen molar-refractivity contribution in [1.82, 2.24) is 4.90 Å². The van der Waals surface area contributed by atoms with Gasteiger partial charge in [-0.15, -0.1) is 0 Å². The van der Waals surface area contributed by atoms with Crippen molar-refractivity contribution in [2.24, 2.45) is 11.8 Å². The second-order valence-corrected chi connectivity index (χ2v) is 5.48. The number of anilines is 1. The SMILES string of the molecule is CC1CC(C)CN(C(=O)C(=O)Nc2ccccc2)C1. The molecule has 2 rings (SSSR count). The van der Waals surface area contributed by atoms with Crippen LogP contribution in [-0.2, 0) is 9.59 Å². The monoisotopic (exact) mass is 260 g/mol. The second-order valence-electron chi connectivity index (χ2n) is 5.48. The van der Waals surface area contributed by atoms with Gasteiger partial charge in [-0.1, -0.05) is 32.0 Å². The number of hydrogen-bond acceptors (Lipinski definition) is 2. The Kier molecular flexibility index (Phi) is 4.20. The van der Waals surface area contributed by atoms with Crippen LogP contribution in [0.5, 0.6) is 0 Å². The number of benzene rings is 1. The summed E-state index contributed by atoms with van der Waals surface area (Å²) >= 11 is 0. The first kappa shape index (κ1) is 13.6. The minimum Gasteiger partial charge on any atom is -0.334 e. The van der Waals surface area contributed by atoms with E-state index in [9.17, 15) is 9.59 Å². The van der Waals surface area contributed by atoms with Gasteiger partial charge in [0.05, 0.1) is 0 Å². The molecule has 1 aromatic carbocycles. The summed E-state index contributed by atoms with van der Waals surface area (Å²) in [6.45, 7) is 5.58. The molecule has 2 atom stereocenters. The number of hydrogen-bond donors (Lipinski definition) is 1. The Hall–Kier alpha value is -1.84. The first-order valence-electron chi connectivity index (χ1n) is 6.71. The maximum absolute atomic E-state index is 12.1. The fraction of sp³-hybridized carbons (Fsp3) is 0.467. The molecule has 1 aromatic rings. The minimum absolute atomic E-state index is 0.428. The number of nitrogens with one attached hydrogen (secondary N) is 1. The molecule has 2 unspecified atom stereocenters. The molecular formula is C15H20N2O2. The number of likely N-dealkylation sites (tertiary alicyclic amines) is 1. The molecule has 1 N–H and O–H groups in total. The summed E-state index contributed by atoms with van der Waals surface area (Å²) in [5.41, 5.74) is 0.652. The molecule has 4 heteroatoms. The number of nitrogens with zero attached hydrogens (tertiary/aromatic N) is 1. The van der Waals surface area contributed by atoms with Crippen molar-refractivity contribution in [3.63, 3.8) is 0 Å². The van der Waals surface area contributed by atoms with Crippen LogP contribution < -0.4 is 5.32 Å². The van der Waals surface area contributed by atoms with Crippen LogP contribution in [0.1, 0.15) is 20.3 Å². The maximum Gasteiger partial charge on any atom is 0.313 e. The Morgan fingerprint density at radius 1 is 1.11 bits per heavy atom. The molecule has 0 bridgehead atoms. The molecule has 1 saturated heterocycles. The fourth-order valence-corrected chi connectivity index (χ4v) is 2.68. The van der Waals surface area contributed by atoms with E-state index in [-0.39, 0.29) is 0 Å². The summed E-state index contributed by atoms with van der Waals surface area (Å²) < 4.78 is 0. The molecule has 0 aliphatic carbocycles. The molecule has 0 radical (unpaired) electrons. The smallest absolute Gasteiger partial charge is 0.313 e. The predicted molar refractivity (Wildman–Crippen MR) is 74.6 cm³/mol. The average molecular weight is 260 g/mol. The molecule has 1 heterocycles. The van der Waals surface area contributed by atoms with E-state index in [1.54, 1.807) is 17.0 Å². The van der Waals surface area contributed by atoms with Crippen LogP contribution in [0.2, 0.25) is 0 Å². The third-order valence-electron chi connectivity index (χ3n) is 3.38. The van der Waals surface area contributed by atoms with Crippen molar-refractivity contribution >= 4 is 17.5 Å². The highest BCUT2D eigenvalue weighted by Gasteiger charge is 2.29. The largest absolute Gasteiger partial charge is 0.334 e. The Morgan fingerprint density at radius 2 is 1.68 bits per heavy atom. The number of rotatable bonds is 1. The molecule has 2 amide bonds. The van der Waals surface area contributed by atoms with Crippen LogP contribution in [-0.4, -0.2) is 29.8 Å². The van der Waals surface area contributed by atoms with Crippen molar-refractivity contribution in [2.75, 3.05) is 18.4 Å². The van der Waals surface area contributed by atoms with Crippen LogP contribution >= 0.6 is 0 Å². The summed E-state index contributed by atoms with van der Waals surface area (Å²) in [5.74, 6) is -0.0656. The standard InChI is InChI=1S/C15H20N2O2/c1-11-8-12(2)10-17(9-11)15(19)14(18)16-13-6-4-3-5-7-13/h3-7,11-12H,8-10H2,1-2H3,(H,16,18).